The lowest BCUT2D eigenvalue weighted by molar-refractivity contribution is 0.632. The normalized spacial score (nSPS) is 1.20. The topological polar surface area (TPSA) is 83.2 Å². The number of halogens is 1. The standard InChI is InChI=1S/Al.ClHO.2H2O.3H/c;1-2;;;;;/h;2H;2*1H2;;;. The quantitative estimate of drug-likeness (QED) is 0.345. The van der Waals surface area contributed by atoms with Gasteiger partial charge in [0.1, 0.15) is 0 Å². The van der Waals surface area contributed by atoms with Gasteiger partial charge in [-0.3, -0.25) is 4.66 Å². The minimum atomic E-state index is 0. The first-order valence-corrected chi connectivity index (χ1v) is 0.507. The van der Waals surface area contributed by atoms with E-state index in [1.807, 2.05) is 0 Å². The van der Waals surface area contributed by atoms with E-state index in [4.69, 9.17) is 4.66 Å². The fourth-order valence-electron chi connectivity index (χ4n) is 0. The third kappa shape index (κ3) is 69.6. The lowest BCUT2D eigenvalue weighted by atomic mass is 15.9. The van der Waals surface area contributed by atoms with Crippen molar-refractivity contribution in [2.75, 3.05) is 0 Å². The van der Waals surface area contributed by atoms with Crippen LogP contribution in [0.3, 0.4) is 0 Å². The molecule has 3 nitrogen and oxygen atoms in total. The average molecular weight is 118 g/mol. The first-order chi connectivity index (χ1) is 1.00. The Morgan fingerprint density at radius 1 is 1.00 bits per heavy atom. The van der Waals surface area contributed by atoms with Gasteiger partial charge in [-0.25, -0.2) is 0 Å². The van der Waals surface area contributed by atoms with Gasteiger partial charge in [0.25, 0.3) is 0 Å². The molecule has 0 atom stereocenters. The van der Waals surface area contributed by atoms with Crippen LogP contribution in [0, 0.1) is 0 Å². The third-order valence-corrected chi connectivity index (χ3v) is 0. The van der Waals surface area contributed by atoms with Gasteiger partial charge in [0.2, 0.25) is 0 Å². The molecule has 0 rings (SSSR count). The summed E-state index contributed by atoms with van der Waals surface area (Å²) in [7, 11) is 0. The molecule has 0 unspecified atom stereocenters. The van der Waals surface area contributed by atoms with Crippen LogP contribution in [0.1, 0.15) is 0 Å². The maximum absolute atomic E-state index is 6.47. The van der Waals surface area contributed by atoms with E-state index in [-0.39, 0.29) is 28.3 Å². The van der Waals surface area contributed by atoms with Crippen molar-refractivity contribution in [1.82, 2.24) is 0 Å². The van der Waals surface area contributed by atoms with Gasteiger partial charge >= 0.3 is 0 Å². The molecular formula is H8AlClO3. The molecule has 36 valence electrons. The Labute approximate surface area is 45.5 Å². The van der Waals surface area contributed by atoms with Crippen LogP contribution in [0.15, 0.2) is 0 Å². The molecule has 0 saturated heterocycles. The molecule has 0 aliphatic rings. The average Bonchev–Trinajstić information content (AvgIpc) is 1.00. The maximum atomic E-state index is 6.47. The molecule has 0 aliphatic heterocycles. The zero-order chi connectivity index (χ0) is 2.00. The smallest absolute Gasteiger partial charge is 0.187 e. The highest BCUT2D eigenvalue weighted by Gasteiger charge is 0.897. The van der Waals surface area contributed by atoms with E-state index in [2.05, 4.69) is 11.9 Å². The van der Waals surface area contributed by atoms with Gasteiger partial charge in [0, 0.05) is 0 Å². The first-order valence-electron chi connectivity index (χ1n) is 0.169. The Hall–Kier alpha value is 0.702. The van der Waals surface area contributed by atoms with Crippen LogP contribution in [0.4, 0.5) is 0 Å². The highest BCUT2D eigenvalue weighted by molar-refractivity contribution is 6.04. The minimum Gasteiger partial charge on any atom is -0.412 e. The molecule has 0 aromatic rings. The van der Waals surface area contributed by atoms with Gasteiger partial charge in [-0.2, -0.15) is 0 Å². The van der Waals surface area contributed by atoms with Crippen LogP contribution < -0.4 is 0 Å². The Morgan fingerprint density at radius 2 is 1.00 bits per heavy atom. The lowest BCUT2D eigenvalue weighted by Gasteiger charge is -1.13. The zero-order valence-corrected chi connectivity index (χ0v) is 2.58. The summed E-state index contributed by atoms with van der Waals surface area (Å²) in [5.41, 5.74) is 0. The van der Waals surface area contributed by atoms with Crippen molar-refractivity contribution in [3.63, 3.8) is 0 Å². The van der Waals surface area contributed by atoms with E-state index in [9.17, 15) is 0 Å². The number of hydrogen-bond acceptors (Lipinski definition) is 1. The number of hydrogen-bond donors (Lipinski definition) is 1. The minimum absolute atomic E-state index is 0. The van der Waals surface area contributed by atoms with Crippen molar-refractivity contribution in [1.29, 1.82) is 0 Å². The summed E-state index contributed by atoms with van der Waals surface area (Å²) in [6, 6.07) is 0. The molecule has 0 heterocycles. The number of rotatable bonds is 0. The van der Waals surface area contributed by atoms with Crippen LogP contribution in [-0.4, -0.2) is 33.0 Å². The molecule has 0 aliphatic carbocycles. The van der Waals surface area contributed by atoms with Crippen molar-refractivity contribution in [2.24, 2.45) is 0 Å². The van der Waals surface area contributed by atoms with E-state index >= 15 is 0 Å². The summed E-state index contributed by atoms with van der Waals surface area (Å²) in [4.78, 5) is 0. The SMILES string of the molecule is O.O.OCl.[AlH3]. The molecule has 0 saturated carbocycles. The van der Waals surface area contributed by atoms with Crippen molar-refractivity contribution in [2.45, 2.75) is 0 Å². The van der Waals surface area contributed by atoms with Gasteiger partial charge < -0.3 is 11.0 Å². The summed E-state index contributed by atoms with van der Waals surface area (Å²) in [5, 5.41) is 0. The summed E-state index contributed by atoms with van der Waals surface area (Å²) < 4.78 is 6.47. The van der Waals surface area contributed by atoms with Crippen molar-refractivity contribution in [3.8, 4) is 0 Å². The third-order valence-electron chi connectivity index (χ3n) is 0. The fraction of sp³-hybridized carbons (Fsp3) is 0. The van der Waals surface area contributed by atoms with Gasteiger partial charge in [-0.1, -0.05) is 0 Å². The van der Waals surface area contributed by atoms with Crippen molar-refractivity contribution >= 4 is 29.2 Å². The van der Waals surface area contributed by atoms with Crippen LogP contribution in [-0.2, 0) is 0 Å². The summed E-state index contributed by atoms with van der Waals surface area (Å²) in [6.45, 7) is 0. The molecule has 5 N–H and O–H groups in total. The second kappa shape index (κ2) is 131. The van der Waals surface area contributed by atoms with Gasteiger partial charge in [-0.05, 0) is 0 Å². The van der Waals surface area contributed by atoms with E-state index in [0.717, 1.165) is 0 Å². The Balaban J connectivity index is -0.00000000167. The van der Waals surface area contributed by atoms with Gasteiger partial charge in [0.15, 0.2) is 17.4 Å². The predicted octanol–water partition coefficient (Wildman–Crippen LogP) is -2.70. The van der Waals surface area contributed by atoms with Crippen molar-refractivity contribution in [3.05, 3.63) is 0 Å². The molecule has 0 amide bonds. The summed E-state index contributed by atoms with van der Waals surface area (Å²) in [6.07, 6.45) is 0. The second-order valence-electron chi connectivity index (χ2n) is 0. The highest BCUT2D eigenvalue weighted by atomic mass is 35.5. The van der Waals surface area contributed by atoms with Crippen LogP contribution in [0.25, 0.3) is 0 Å². The Morgan fingerprint density at radius 3 is 1.00 bits per heavy atom. The molecule has 0 aromatic carbocycles. The fourth-order valence-corrected chi connectivity index (χ4v) is 0. The first kappa shape index (κ1) is 43.5. The van der Waals surface area contributed by atoms with Crippen LogP contribution in [0.5, 0.6) is 0 Å². The summed E-state index contributed by atoms with van der Waals surface area (Å²) >= 11 is 3.64. The van der Waals surface area contributed by atoms with E-state index in [1.54, 1.807) is 0 Å². The van der Waals surface area contributed by atoms with E-state index in [1.165, 1.54) is 0 Å². The largest absolute Gasteiger partial charge is 0.412 e. The molecule has 0 spiro atoms. The molecule has 0 aromatic heterocycles. The predicted molar refractivity (Wildman–Crippen MR) is 25.2 cm³/mol. The molecule has 0 fully saturated rings. The lowest BCUT2D eigenvalue weighted by Crippen LogP contribution is -0.913. The zero-order valence-electron chi connectivity index (χ0n) is 1.83. The highest BCUT2D eigenvalue weighted by Crippen LogP contribution is 1.31. The van der Waals surface area contributed by atoms with E-state index < -0.39 is 0 Å². The molecular weight excluding hydrogens is 110 g/mol. The molecule has 0 bridgehead atoms. The van der Waals surface area contributed by atoms with Gasteiger partial charge in [-0.15, -0.1) is 0 Å². The molecule has 5 heavy (non-hydrogen) atoms. The van der Waals surface area contributed by atoms with E-state index in [0.29, 0.717) is 0 Å². The maximum Gasteiger partial charge on any atom is 0.187 e. The molecule has 5 heteroatoms. The summed E-state index contributed by atoms with van der Waals surface area (Å²) in [5.74, 6) is 0. The second-order valence-corrected chi connectivity index (χ2v) is 0. The molecule has 0 radical (unpaired) electrons. The van der Waals surface area contributed by atoms with Crippen LogP contribution in [0.2, 0.25) is 0 Å². The Kier molecular flexibility index (Phi) is 1140. The Bertz CT molecular complexity index is 6.85. The monoisotopic (exact) mass is 118 g/mol. The van der Waals surface area contributed by atoms with Gasteiger partial charge in [0.05, 0.1) is 11.9 Å². The van der Waals surface area contributed by atoms with Crippen molar-refractivity contribution < 1.29 is 15.6 Å². The van der Waals surface area contributed by atoms with Crippen LogP contribution >= 0.6 is 11.9 Å².